The third-order valence-electron chi connectivity index (χ3n) is 4.58. The van der Waals surface area contributed by atoms with Crippen LogP contribution in [0, 0.1) is 0 Å². The number of benzene rings is 1. The van der Waals surface area contributed by atoms with Gasteiger partial charge in [-0.15, -0.1) is 11.3 Å². The number of hydrogen-bond donors (Lipinski definition) is 0. The molecule has 0 N–H and O–H groups in total. The molecule has 0 saturated heterocycles. The second-order valence-electron chi connectivity index (χ2n) is 8.22. The van der Waals surface area contributed by atoms with Crippen LogP contribution in [0.25, 0.3) is 21.8 Å². The smallest absolute Gasteiger partial charge is 0.443 e. The Hall–Kier alpha value is -2.50. The second-order valence-corrected chi connectivity index (χ2v) is 10.9. The minimum Gasteiger partial charge on any atom is -0.443 e. The van der Waals surface area contributed by atoms with Crippen molar-refractivity contribution < 1.29 is 26.9 Å². The van der Waals surface area contributed by atoms with Gasteiger partial charge in [-0.3, -0.25) is 9.78 Å². The predicted molar refractivity (Wildman–Crippen MR) is 128 cm³/mol. The van der Waals surface area contributed by atoms with Crippen LogP contribution in [0.3, 0.4) is 0 Å². The van der Waals surface area contributed by atoms with E-state index in [4.69, 9.17) is 11.6 Å². The molecular weight excluding hydrogens is 511 g/mol. The average Bonchev–Trinajstić information content (AvgIpc) is 3.22. The van der Waals surface area contributed by atoms with Crippen molar-refractivity contribution in [2.75, 3.05) is 11.0 Å². The highest BCUT2D eigenvalue weighted by Gasteiger charge is 2.42. The van der Waals surface area contributed by atoms with E-state index in [1.807, 2.05) is 12.1 Å². The van der Waals surface area contributed by atoms with E-state index in [0.29, 0.717) is 15.6 Å². The highest BCUT2D eigenvalue weighted by Crippen LogP contribution is 2.37. The SMILES string of the molecule is CC(=O)OCN(c1ccc(-c2csc(-c3ccnc(C(C)(C)C)c3)n2)c(Cl)c1)S(=O)C(F)(F)F. The van der Waals surface area contributed by atoms with Crippen molar-refractivity contribution in [3.8, 4) is 21.8 Å². The number of pyridine rings is 1. The number of thiazole rings is 1. The lowest BCUT2D eigenvalue weighted by molar-refractivity contribution is -0.140. The van der Waals surface area contributed by atoms with Crippen LogP contribution in [-0.4, -0.2) is 32.4 Å². The molecule has 2 aromatic heterocycles. The van der Waals surface area contributed by atoms with E-state index >= 15 is 0 Å². The van der Waals surface area contributed by atoms with Crippen molar-refractivity contribution >= 4 is 45.6 Å². The first-order chi connectivity index (χ1) is 15.8. The van der Waals surface area contributed by atoms with E-state index in [9.17, 15) is 22.2 Å². The zero-order valence-electron chi connectivity index (χ0n) is 18.6. The quantitative estimate of drug-likeness (QED) is 0.274. The highest BCUT2D eigenvalue weighted by atomic mass is 35.5. The summed E-state index contributed by atoms with van der Waals surface area (Å²) in [5.41, 5.74) is -2.48. The van der Waals surface area contributed by atoms with Crippen molar-refractivity contribution in [1.29, 1.82) is 0 Å². The van der Waals surface area contributed by atoms with Crippen molar-refractivity contribution in [2.24, 2.45) is 0 Å². The first-order valence-electron chi connectivity index (χ1n) is 9.89. The number of ether oxygens (including phenoxy) is 1. The van der Waals surface area contributed by atoms with E-state index in [-0.39, 0.29) is 16.1 Å². The molecule has 1 atom stereocenters. The fourth-order valence-corrected chi connectivity index (χ4v) is 4.66. The Morgan fingerprint density at radius 2 is 1.91 bits per heavy atom. The molecule has 2 heterocycles. The Balaban J connectivity index is 1.93. The molecule has 182 valence electrons. The van der Waals surface area contributed by atoms with E-state index in [1.54, 1.807) is 11.6 Å². The van der Waals surface area contributed by atoms with Gasteiger partial charge in [-0.2, -0.15) is 13.2 Å². The van der Waals surface area contributed by atoms with E-state index in [2.05, 4.69) is 35.5 Å². The number of rotatable bonds is 6. The van der Waals surface area contributed by atoms with Crippen LogP contribution in [0.4, 0.5) is 18.9 Å². The molecule has 3 aromatic rings. The Labute approximate surface area is 206 Å². The van der Waals surface area contributed by atoms with Gasteiger partial charge in [0.2, 0.25) is 11.0 Å². The number of anilines is 1. The summed E-state index contributed by atoms with van der Waals surface area (Å²) in [5, 5.41) is 2.63. The van der Waals surface area contributed by atoms with Crippen LogP contribution >= 0.6 is 22.9 Å². The molecule has 0 spiro atoms. The van der Waals surface area contributed by atoms with Crippen LogP contribution in [0.1, 0.15) is 33.4 Å². The minimum atomic E-state index is -5.05. The van der Waals surface area contributed by atoms with Crippen molar-refractivity contribution in [3.63, 3.8) is 0 Å². The summed E-state index contributed by atoms with van der Waals surface area (Å²) in [6.45, 7) is 6.37. The fraction of sp³-hybridized carbons (Fsp3) is 0.318. The molecule has 3 rings (SSSR count). The standard InChI is InChI=1S/C22H21ClF3N3O3S2/c1-13(30)32-12-29(34(31)22(24,25)26)15-5-6-16(17(23)10-15)18-11-33-20(28-18)14-7-8-27-19(9-14)21(2,3)4/h5-11H,12H2,1-4H3. The van der Waals surface area contributed by atoms with Crippen LogP contribution in [0.5, 0.6) is 0 Å². The Morgan fingerprint density at radius 3 is 2.50 bits per heavy atom. The van der Waals surface area contributed by atoms with Crippen molar-refractivity contribution in [2.45, 2.75) is 38.6 Å². The van der Waals surface area contributed by atoms with E-state index < -0.39 is 29.2 Å². The van der Waals surface area contributed by atoms with Gasteiger partial charge in [0.25, 0.3) is 0 Å². The second kappa shape index (κ2) is 10.0. The maximum absolute atomic E-state index is 13.1. The molecule has 0 aliphatic heterocycles. The summed E-state index contributed by atoms with van der Waals surface area (Å²) in [6.07, 6.45) is 1.72. The molecule has 0 fully saturated rings. The van der Waals surface area contributed by atoms with Gasteiger partial charge in [0.05, 0.1) is 16.4 Å². The minimum absolute atomic E-state index is 0.103. The number of nitrogens with zero attached hydrogens (tertiary/aromatic N) is 3. The number of esters is 1. The molecule has 0 amide bonds. The molecule has 0 radical (unpaired) electrons. The molecule has 1 unspecified atom stereocenters. The Bertz CT molecular complexity index is 1230. The van der Waals surface area contributed by atoms with Crippen LogP contribution in [0.2, 0.25) is 5.02 Å². The van der Waals surface area contributed by atoms with Crippen molar-refractivity contribution in [3.05, 3.63) is 52.6 Å². The molecule has 6 nitrogen and oxygen atoms in total. The summed E-state index contributed by atoms with van der Waals surface area (Å²) in [6, 6.07) is 7.84. The first-order valence-corrected chi connectivity index (χ1v) is 12.3. The molecule has 0 aliphatic rings. The highest BCUT2D eigenvalue weighted by molar-refractivity contribution is 7.87. The van der Waals surface area contributed by atoms with Crippen molar-refractivity contribution in [1.82, 2.24) is 9.97 Å². The van der Waals surface area contributed by atoms with Gasteiger partial charge in [-0.05, 0) is 30.3 Å². The number of halogens is 4. The van der Waals surface area contributed by atoms with Crippen LogP contribution in [-0.2, 0) is 25.9 Å². The average molecular weight is 532 g/mol. The largest absolute Gasteiger partial charge is 0.491 e. The van der Waals surface area contributed by atoms with E-state index in [0.717, 1.165) is 23.2 Å². The van der Waals surface area contributed by atoms with E-state index in [1.165, 1.54) is 29.5 Å². The fourth-order valence-electron chi connectivity index (χ4n) is 2.86. The number of carbonyl (C=O) groups excluding carboxylic acids is 1. The molecule has 0 bridgehead atoms. The summed E-state index contributed by atoms with van der Waals surface area (Å²) >= 11 is 7.76. The predicted octanol–water partition coefficient (Wildman–Crippen LogP) is 6.33. The number of aromatic nitrogens is 2. The first kappa shape index (κ1) is 26.1. The molecule has 1 aromatic carbocycles. The van der Waals surface area contributed by atoms with Gasteiger partial charge in [0.1, 0.15) is 5.01 Å². The summed E-state index contributed by atoms with van der Waals surface area (Å²) < 4.78 is 56.3. The van der Waals surface area contributed by atoms with Gasteiger partial charge in [-0.1, -0.05) is 32.4 Å². The molecule has 0 aliphatic carbocycles. The van der Waals surface area contributed by atoms with Crippen LogP contribution < -0.4 is 4.31 Å². The van der Waals surface area contributed by atoms with Gasteiger partial charge >= 0.3 is 11.5 Å². The van der Waals surface area contributed by atoms with Crippen LogP contribution in [0.15, 0.2) is 41.9 Å². The normalized spacial score (nSPS) is 12.9. The lowest BCUT2D eigenvalue weighted by Gasteiger charge is -2.24. The zero-order valence-corrected chi connectivity index (χ0v) is 21.0. The number of carbonyl (C=O) groups is 1. The molecule has 34 heavy (non-hydrogen) atoms. The lowest BCUT2D eigenvalue weighted by Crippen LogP contribution is -2.37. The Kier molecular flexibility index (Phi) is 7.69. The third-order valence-corrected chi connectivity index (χ3v) is 6.90. The summed E-state index contributed by atoms with van der Waals surface area (Å²) in [7, 11) is -3.45. The monoisotopic (exact) mass is 531 g/mol. The van der Waals surface area contributed by atoms with Gasteiger partial charge < -0.3 is 4.74 Å². The van der Waals surface area contributed by atoms with Gasteiger partial charge in [0, 0.05) is 40.7 Å². The topological polar surface area (TPSA) is 72.4 Å². The zero-order chi connectivity index (χ0) is 25.3. The third kappa shape index (κ3) is 6.13. The molecule has 0 saturated carbocycles. The summed E-state index contributed by atoms with van der Waals surface area (Å²) in [4.78, 5) is 20.1. The Morgan fingerprint density at radius 1 is 1.21 bits per heavy atom. The molecular formula is C22H21ClF3N3O3S2. The lowest BCUT2D eigenvalue weighted by atomic mass is 9.91. The van der Waals surface area contributed by atoms with Gasteiger partial charge in [0.15, 0.2) is 6.73 Å². The summed E-state index contributed by atoms with van der Waals surface area (Å²) in [5.74, 6) is -0.812. The van der Waals surface area contributed by atoms with Gasteiger partial charge in [-0.25, -0.2) is 13.5 Å². The number of alkyl halides is 3. The maximum Gasteiger partial charge on any atom is 0.491 e. The number of hydrogen-bond acceptors (Lipinski definition) is 6. The maximum atomic E-state index is 13.1. The molecule has 12 heteroatoms.